The van der Waals surface area contributed by atoms with Crippen LogP contribution in [0.2, 0.25) is 0 Å². The Hall–Kier alpha value is -2.00. The molecule has 4 N–H and O–H groups in total. The van der Waals surface area contributed by atoms with Gasteiger partial charge in [0.05, 0.1) is 5.60 Å². The second-order valence-corrected chi connectivity index (χ2v) is 9.13. The van der Waals surface area contributed by atoms with Gasteiger partial charge in [-0.25, -0.2) is 0 Å². The van der Waals surface area contributed by atoms with Gasteiger partial charge in [0, 0.05) is 11.3 Å². The van der Waals surface area contributed by atoms with Crippen LogP contribution in [0, 0.1) is 18.3 Å². The van der Waals surface area contributed by atoms with Crippen LogP contribution < -0.4 is 5.73 Å². The van der Waals surface area contributed by atoms with Crippen LogP contribution in [-0.2, 0) is 6.42 Å². The fraction of sp³-hybridized carbons (Fsp3) is 0.520. The maximum atomic E-state index is 10.4. The molecule has 0 bridgehead atoms. The van der Waals surface area contributed by atoms with Crippen molar-refractivity contribution in [2.75, 3.05) is 0 Å². The summed E-state index contributed by atoms with van der Waals surface area (Å²) in [6, 6.07) is 3.78. The molecule has 0 aromatic heterocycles. The molecule has 0 amide bonds. The molecule has 156 valence electrons. The van der Waals surface area contributed by atoms with Crippen molar-refractivity contribution < 1.29 is 10.2 Å². The zero-order chi connectivity index (χ0) is 21.9. The third-order valence-electron chi connectivity index (χ3n) is 6.13. The van der Waals surface area contributed by atoms with Crippen molar-refractivity contribution in [3.05, 3.63) is 58.7 Å². The van der Waals surface area contributed by atoms with Crippen LogP contribution in [-0.4, -0.2) is 15.8 Å². The minimum absolute atomic E-state index is 0.212. The molecule has 1 atom stereocenters. The number of nitrogens with two attached hydrogens (primary N) is 1. The van der Waals surface area contributed by atoms with Crippen LogP contribution in [0.3, 0.4) is 0 Å². The molecule has 1 unspecified atom stereocenters. The van der Waals surface area contributed by atoms with Crippen molar-refractivity contribution in [3.8, 4) is 5.75 Å². The molecule has 3 heteroatoms. The van der Waals surface area contributed by atoms with E-state index < -0.39 is 5.60 Å². The number of benzene rings is 1. The monoisotopic (exact) mass is 385 g/mol. The van der Waals surface area contributed by atoms with Gasteiger partial charge in [0.15, 0.2) is 0 Å². The number of rotatable bonds is 8. The average Bonchev–Trinajstić information content (AvgIpc) is 2.56. The maximum Gasteiger partial charge on any atom is 0.119 e. The Balaban J connectivity index is 3.39. The summed E-state index contributed by atoms with van der Waals surface area (Å²) in [5, 5.41) is 20.6. The lowest BCUT2D eigenvalue weighted by molar-refractivity contribution is 0.122. The minimum Gasteiger partial charge on any atom is -0.508 e. The van der Waals surface area contributed by atoms with Gasteiger partial charge >= 0.3 is 0 Å². The second kappa shape index (κ2) is 9.00. The fourth-order valence-electron chi connectivity index (χ4n) is 3.42. The molecule has 0 aliphatic rings. The van der Waals surface area contributed by atoms with Crippen LogP contribution in [0.1, 0.15) is 71.6 Å². The van der Waals surface area contributed by atoms with Gasteiger partial charge in [-0.1, -0.05) is 52.8 Å². The largest absolute Gasteiger partial charge is 0.508 e. The Morgan fingerprint density at radius 3 is 2.29 bits per heavy atom. The van der Waals surface area contributed by atoms with Crippen molar-refractivity contribution in [1.82, 2.24) is 0 Å². The topological polar surface area (TPSA) is 66.5 Å². The lowest BCUT2D eigenvalue weighted by atomic mass is 9.74. The van der Waals surface area contributed by atoms with E-state index in [1.807, 2.05) is 26.0 Å². The number of aromatic hydroxyl groups is 1. The number of allylic oxidation sites excluding steroid dienone is 2. The van der Waals surface area contributed by atoms with Gasteiger partial charge in [0.2, 0.25) is 0 Å². The van der Waals surface area contributed by atoms with Crippen molar-refractivity contribution in [2.24, 2.45) is 17.1 Å². The van der Waals surface area contributed by atoms with Gasteiger partial charge in [0.1, 0.15) is 5.75 Å². The molecular formula is C25H39NO2. The molecule has 0 saturated heterocycles. The molecule has 0 aliphatic heterocycles. The Morgan fingerprint density at radius 2 is 1.82 bits per heavy atom. The summed E-state index contributed by atoms with van der Waals surface area (Å²) in [7, 11) is 0. The summed E-state index contributed by atoms with van der Waals surface area (Å²) in [5.41, 5.74) is 10.4. The lowest BCUT2D eigenvalue weighted by Crippen LogP contribution is -2.23. The predicted octanol–water partition coefficient (Wildman–Crippen LogP) is 5.89. The zero-order valence-electron chi connectivity index (χ0n) is 19.0. The molecule has 1 aromatic carbocycles. The summed E-state index contributed by atoms with van der Waals surface area (Å²) in [6.45, 7) is 20.4. The molecule has 1 aromatic rings. The van der Waals surface area contributed by atoms with E-state index in [-0.39, 0.29) is 11.2 Å². The van der Waals surface area contributed by atoms with Crippen molar-refractivity contribution in [1.29, 1.82) is 0 Å². The summed E-state index contributed by atoms with van der Waals surface area (Å²) in [5.74, 6) is 0.690. The molecule has 0 fully saturated rings. The smallest absolute Gasteiger partial charge is 0.119 e. The normalized spacial score (nSPS) is 14.9. The summed E-state index contributed by atoms with van der Waals surface area (Å²) < 4.78 is 0. The standard InChI is InChI=1S/C25H39NO2/c1-10-21(25(8,9)28)16(3)13-22(26)20-15-23(27)17(4)12-19(20)14-18(5)24(6,7)11-2/h10,12-13,15,18,27-28H,3,11,14,26H2,1-2,4-9H3/b21-10+,22-13-. The Bertz CT molecular complexity index is 776. The second-order valence-electron chi connectivity index (χ2n) is 9.13. The van der Waals surface area contributed by atoms with E-state index >= 15 is 0 Å². The van der Waals surface area contributed by atoms with Gasteiger partial charge in [-0.3, -0.25) is 0 Å². The van der Waals surface area contributed by atoms with Crippen LogP contribution in [0.25, 0.3) is 5.70 Å². The number of aryl methyl sites for hydroxylation is 1. The van der Waals surface area contributed by atoms with Crippen LogP contribution in [0.15, 0.2) is 42.0 Å². The first kappa shape index (κ1) is 24.0. The Labute approximate surface area is 171 Å². The lowest BCUT2D eigenvalue weighted by Gasteiger charge is -2.31. The first-order valence-electron chi connectivity index (χ1n) is 10.1. The van der Waals surface area contributed by atoms with E-state index in [4.69, 9.17) is 5.73 Å². The summed E-state index contributed by atoms with van der Waals surface area (Å²) in [4.78, 5) is 0. The van der Waals surface area contributed by atoms with Gasteiger partial charge in [-0.2, -0.15) is 0 Å². The van der Waals surface area contributed by atoms with Gasteiger partial charge in [0.25, 0.3) is 0 Å². The molecule has 1 rings (SSSR count). The number of hydrogen-bond acceptors (Lipinski definition) is 3. The minimum atomic E-state index is -0.999. The van der Waals surface area contributed by atoms with Crippen LogP contribution >= 0.6 is 0 Å². The summed E-state index contributed by atoms with van der Waals surface area (Å²) >= 11 is 0. The van der Waals surface area contributed by atoms with Gasteiger partial charge in [-0.15, -0.1) is 0 Å². The van der Waals surface area contributed by atoms with Crippen molar-refractivity contribution >= 4 is 5.70 Å². The summed E-state index contributed by atoms with van der Waals surface area (Å²) in [6.07, 6.45) is 5.61. The Kier molecular flexibility index (Phi) is 7.73. The van der Waals surface area contributed by atoms with Gasteiger partial charge < -0.3 is 15.9 Å². The van der Waals surface area contributed by atoms with E-state index in [2.05, 4.69) is 34.3 Å². The molecule has 0 saturated carbocycles. The molecule has 3 nitrogen and oxygen atoms in total. The maximum absolute atomic E-state index is 10.4. The van der Waals surface area contributed by atoms with Crippen molar-refractivity contribution in [3.63, 3.8) is 0 Å². The van der Waals surface area contributed by atoms with E-state index in [0.717, 1.165) is 35.1 Å². The van der Waals surface area contributed by atoms with Crippen molar-refractivity contribution in [2.45, 2.75) is 73.8 Å². The number of hydrogen-bond donors (Lipinski definition) is 3. The van der Waals surface area contributed by atoms with Crippen LogP contribution in [0.4, 0.5) is 0 Å². The highest BCUT2D eigenvalue weighted by molar-refractivity contribution is 5.71. The van der Waals surface area contributed by atoms with E-state index in [0.29, 0.717) is 17.2 Å². The van der Waals surface area contributed by atoms with E-state index in [1.54, 1.807) is 26.0 Å². The van der Waals surface area contributed by atoms with Crippen LogP contribution in [0.5, 0.6) is 5.75 Å². The fourth-order valence-corrected chi connectivity index (χ4v) is 3.42. The highest BCUT2D eigenvalue weighted by atomic mass is 16.3. The highest BCUT2D eigenvalue weighted by Crippen LogP contribution is 2.36. The first-order valence-corrected chi connectivity index (χ1v) is 10.1. The van der Waals surface area contributed by atoms with E-state index in [9.17, 15) is 10.2 Å². The Morgan fingerprint density at radius 1 is 1.25 bits per heavy atom. The molecular weight excluding hydrogens is 346 g/mol. The zero-order valence-corrected chi connectivity index (χ0v) is 19.0. The van der Waals surface area contributed by atoms with Gasteiger partial charge in [-0.05, 0) is 79.9 Å². The quantitative estimate of drug-likeness (QED) is 0.489. The predicted molar refractivity (Wildman–Crippen MR) is 121 cm³/mol. The first-order chi connectivity index (χ1) is 12.7. The SMILES string of the molecule is C=C(/C=C(\N)c1cc(O)c(C)cc1CC(C)C(C)(C)CC)/C(=C\C)C(C)(C)O. The third kappa shape index (κ3) is 5.75. The molecule has 0 radical (unpaired) electrons. The molecule has 0 heterocycles. The molecule has 0 aliphatic carbocycles. The number of phenolic OH excluding ortho intramolecular Hbond substituents is 1. The third-order valence-corrected chi connectivity index (χ3v) is 6.13. The number of phenols is 1. The molecule has 28 heavy (non-hydrogen) atoms. The van der Waals surface area contributed by atoms with E-state index in [1.165, 1.54) is 0 Å². The highest BCUT2D eigenvalue weighted by Gasteiger charge is 2.25. The number of aliphatic hydroxyl groups is 1. The molecule has 0 spiro atoms. The average molecular weight is 386 g/mol.